The van der Waals surface area contributed by atoms with Crippen LogP contribution in [0.1, 0.15) is 25.5 Å². The number of rotatable bonds is 10. The van der Waals surface area contributed by atoms with E-state index in [0.717, 1.165) is 17.8 Å². The highest BCUT2D eigenvalue weighted by Gasteiger charge is 2.09. The van der Waals surface area contributed by atoms with Crippen molar-refractivity contribution in [2.24, 2.45) is 4.99 Å². The number of nitrogens with one attached hydrogen (secondary N) is 2. The van der Waals surface area contributed by atoms with Crippen LogP contribution >= 0.6 is 24.0 Å². The Morgan fingerprint density at radius 2 is 2.10 bits per heavy atom. The molecule has 0 saturated heterocycles. The molecule has 0 fully saturated rings. The summed E-state index contributed by atoms with van der Waals surface area (Å²) in [4.78, 5) is 4.49. The number of hydrogen-bond donors (Lipinski definition) is 2. The number of aliphatic imine (C=N–C) groups is 1. The molecule has 1 aromatic heterocycles. The summed E-state index contributed by atoms with van der Waals surface area (Å²) in [5, 5.41) is 10.9. The number of hydrogen-bond acceptors (Lipinski definition) is 5. The average molecular weight is 535 g/mol. The second-order valence-electron chi connectivity index (χ2n) is 6.41. The number of aromatic nitrogens is 2. The molecule has 2 rings (SSSR count). The molecule has 0 bridgehead atoms. The van der Waals surface area contributed by atoms with Gasteiger partial charge in [0.05, 0.1) is 37.2 Å². The third-order valence-corrected chi connectivity index (χ3v) is 4.85. The zero-order valence-corrected chi connectivity index (χ0v) is 20.2. The fourth-order valence-corrected chi connectivity index (χ4v) is 2.92. The van der Waals surface area contributed by atoms with Crippen LogP contribution in [-0.2, 0) is 14.6 Å². The van der Waals surface area contributed by atoms with E-state index in [9.17, 15) is 8.42 Å². The monoisotopic (exact) mass is 535 g/mol. The van der Waals surface area contributed by atoms with Gasteiger partial charge in [0.25, 0.3) is 0 Å². The first-order valence-corrected chi connectivity index (χ1v) is 11.4. The number of ether oxygens (including phenoxy) is 1. The van der Waals surface area contributed by atoms with E-state index >= 15 is 0 Å². The summed E-state index contributed by atoms with van der Waals surface area (Å²) >= 11 is 0. The molecule has 0 radical (unpaired) electrons. The molecule has 0 spiro atoms. The van der Waals surface area contributed by atoms with E-state index in [4.69, 9.17) is 4.74 Å². The molecule has 1 unspecified atom stereocenters. The Kier molecular flexibility index (Phi) is 11.2. The Morgan fingerprint density at radius 1 is 1.31 bits per heavy atom. The predicted molar refractivity (Wildman–Crippen MR) is 127 cm³/mol. The Bertz CT molecular complexity index is 856. The lowest BCUT2D eigenvalue weighted by Gasteiger charge is -2.19. The minimum absolute atomic E-state index is 0. The summed E-state index contributed by atoms with van der Waals surface area (Å²) < 4.78 is 29.3. The van der Waals surface area contributed by atoms with E-state index in [1.54, 1.807) is 6.20 Å². The molecule has 0 aliphatic carbocycles. The lowest BCUT2D eigenvalue weighted by Crippen LogP contribution is -2.39. The number of sulfone groups is 1. The van der Waals surface area contributed by atoms with Crippen molar-refractivity contribution < 1.29 is 13.2 Å². The molecule has 0 saturated carbocycles. The van der Waals surface area contributed by atoms with Crippen molar-refractivity contribution in [3.63, 3.8) is 0 Å². The molecule has 29 heavy (non-hydrogen) atoms. The summed E-state index contributed by atoms with van der Waals surface area (Å²) in [6.45, 7) is 5.81. The highest BCUT2D eigenvalue weighted by molar-refractivity contribution is 14.0. The zero-order chi connectivity index (χ0) is 20.4. The predicted octanol–water partition coefficient (Wildman–Crippen LogP) is 2.17. The van der Waals surface area contributed by atoms with Gasteiger partial charge < -0.3 is 15.4 Å². The molecule has 162 valence electrons. The third kappa shape index (κ3) is 9.59. The quantitative estimate of drug-likeness (QED) is 0.210. The molecular formula is C19H30IN5O3S. The standard InChI is InChI=1S/C19H29N5O3S.HI/c1-4-20-19(21-10-12-27-13-14-28(3,25)26)23-16(2)17-7-5-8-18(15-17)24-11-6-9-22-24;/h5-9,11,15-16H,4,10,12-14H2,1-3H3,(H2,20,21,23);1H. The number of guanidine groups is 1. The van der Waals surface area contributed by atoms with Gasteiger partial charge in [-0.2, -0.15) is 5.10 Å². The molecule has 0 aliphatic rings. The Morgan fingerprint density at radius 3 is 2.76 bits per heavy atom. The number of benzene rings is 1. The Labute approximate surface area is 190 Å². The molecule has 1 aromatic carbocycles. The van der Waals surface area contributed by atoms with Crippen LogP contribution in [0.25, 0.3) is 5.69 Å². The normalized spacial score (nSPS) is 12.9. The Balaban J connectivity index is 0.00000420. The van der Waals surface area contributed by atoms with E-state index in [1.165, 1.54) is 6.26 Å². The van der Waals surface area contributed by atoms with Crippen LogP contribution in [0.5, 0.6) is 0 Å². The molecule has 2 N–H and O–H groups in total. The first-order valence-electron chi connectivity index (χ1n) is 9.29. The maximum atomic E-state index is 11.1. The van der Waals surface area contributed by atoms with E-state index < -0.39 is 9.84 Å². The molecule has 2 aromatic rings. The van der Waals surface area contributed by atoms with Gasteiger partial charge in [-0.3, -0.25) is 4.99 Å². The first-order chi connectivity index (χ1) is 13.4. The van der Waals surface area contributed by atoms with Crippen molar-refractivity contribution in [2.45, 2.75) is 19.9 Å². The fourth-order valence-electron chi connectivity index (χ4n) is 2.50. The van der Waals surface area contributed by atoms with Crippen molar-refractivity contribution in [1.29, 1.82) is 0 Å². The highest BCUT2D eigenvalue weighted by Crippen LogP contribution is 2.16. The lowest BCUT2D eigenvalue weighted by atomic mass is 10.1. The number of nitrogens with zero attached hydrogens (tertiary/aromatic N) is 3. The van der Waals surface area contributed by atoms with Gasteiger partial charge in [0.15, 0.2) is 5.96 Å². The van der Waals surface area contributed by atoms with Gasteiger partial charge in [-0.1, -0.05) is 12.1 Å². The van der Waals surface area contributed by atoms with Crippen molar-refractivity contribution in [1.82, 2.24) is 20.4 Å². The topological polar surface area (TPSA) is 97.6 Å². The summed E-state index contributed by atoms with van der Waals surface area (Å²) in [5.41, 5.74) is 2.11. The van der Waals surface area contributed by atoms with Crippen molar-refractivity contribution in [2.75, 3.05) is 38.3 Å². The average Bonchev–Trinajstić information content (AvgIpc) is 3.18. The van der Waals surface area contributed by atoms with E-state index in [1.807, 2.05) is 36.0 Å². The van der Waals surface area contributed by atoms with Crippen LogP contribution in [0.2, 0.25) is 0 Å². The smallest absolute Gasteiger partial charge is 0.191 e. The van der Waals surface area contributed by atoms with Gasteiger partial charge in [0.2, 0.25) is 0 Å². The SMILES string of the molecule is CCNC(=NCCOCCS(C)(=O)=O)NC(C)c1cccc(-n2cccn2)c1.I. The van der Waals surface area contributed by atoms with Crippen molar-refractivity contribution in [3.05, 3.63) is 48.3 Å². The molecule has 8 nitrogen and oxygen atoms in total. The van der Waals surface area contributed by atoms with Crippen LogP contribution in [0.3, 0.4) is 0 Å². The molecule has 0 amide bonds. The summed E-state index contributed by atoms with van der Waals surface area (Å²) in [7, 11) is -2.99. The van der Waals surface area contributed by atoms with Gasteiger partial charge >= 0.3 is 0 Å². The van der Waals surface area contributed by atoms with Crippen LogP contribution < -0.4 is 10.6 Å². The molecule has 0 aliphatic heterocycles. The van der Waals surface area contributed by atoms with Gasteiger partial charge in [-0.15, -0.1) is 24.0 Å². The van der Waals surface area contributed by atoms with Crippen LogP contribution in [0.4, 0.5) is 0 Å². The minimum Gasteiger partial charge on any atom is -0.378 e. The van der Waals surface area contributed by atoms with Crippen LogP contribution in [0.15, 0.2) is 47.7 Å². The van der Waals surface area contributed by atoms with Crippen molar-refractivity contribution >= 4 is 39.8 Å². The summed E-state index contributed by atoms with van der Waals surface area (Å²) in [6, 6.07) is 10.1. The van der Waals surface area contributed by atoms with Gasteiger partial charge in [0, 0.05) is 25.2 Å². The number of halogens is 1. The zero-order valence-electron chi connectivity index (χ0n) is 17.0. The third-order valence-electron chi connectivity index (χ3n) is 3.94. The van der Waals surface area contributed by atoms with Gasteiger partial charge in [0.1, 0.15) is 9.84 Å². The van der Waals surface area contributed by atoms with E-state index in [2.05, 4.69) is 39.8 Å². The minimum atomic E-state index is -2.99. The fraction of sp³-hybridized carbons (Fsp3) is 0.474. The first kappa shape index (κ1) is 25.4. The highest BCUT2D eigenvalue weighted by atomic mass is 127. The van der Waals surface area contributed by atoms with Crippen molar-refractivity contribution in [3.8, 4) is 5.69 Å². The summed E-state index contributed by atoms with van der Waals surface area (Å²) in [5.74, 6) is 0.713. The second kappa shape index (κ2) is 12.8. The van der Waals surface area contributed by atoms with Gasteiger partial charge in [-0.05, 0) is 37.6 Å². The molecular weight excluding hydrogens is 505 g/mol. The van der Waals surface area contributed by atoms with Gasteiger partial charge in [-0.25, -0.2) is 13.1 Å². The molecule has 1 heterocycles. The Hall–Kier alpha value is -1.66. The maximum absolute atomic E-state index is 11.1. The maximum Gasteiger partial charge on any atom is 0.191 e. The van der Waals surface area contributed by atoms with Crippen LogP contribution in [-0.4, -0.2) is 62.5 Å². The van der Waals surface area contributed by atoms with E-state index in [0.29, 0.717) is 19.1 Å². The lowest BCUT2D eigenvalue weighted by molar-refractivity contribution is 0.157. The largest absolute Gasteiger partial charge is 0.378 e. The molecule has 10 heteroatoms. The second-order valence-corrected chi connectivity index (χ2v) is 8.67. The van der Waals surface area contributed by atoms with E-state index in [-0.39, 0.29) is 42.4 Å². The molecule has 1 atom stereocenters. The van der Waals surface area contributed by atoms with Crippen LogP contribution in [0, 0.1) is 0 Å². The summed E-state index contributed by atoms with van der Waals surface area (Å²) in [6.07, 6.45) is 4.86.